The van der Waals surface area contributed by atoms with Crippen molar-refractivity contribution in [2.75, 3.05) is 11.9 Å². The van der Waals surface area contributed by atoms with E-state index in [1.165, 1.54) is 29.2 Å². The fraction of sp³-hybridized carbons (Fsp3) is 0.381. The van der Waals surface area contributed by atoms with Gasteiger partial charge in [0.15, 0.2) is 12.4 Å². The van der Waals surface area contributed by atoms with E-state index in [1.54, 1.807) is 6.92 Å². The molecule has 4 rings (SSSR count). The fourth-order valence-corrected chi connectivity index (χ4v) is 3.88. The van der Waals surface area contributed by atoms with Gasteiger partial charge in [0.2, 0.25) is 0 Å². The molecule has 1 saturated carbocycles. The molecule has 0 unspecified atom stereocenters. The van der Waals surface area contributed by atoms with Gasteiger partial charge in [-0.2, -0.15) is 0 Å². The third-order valence-corrected chi connectivity index (χ3v) is 5.32. The van der Waals surface area contributed by atoms with Gasteiger partial charge in [0.25, 0.3) is 17.7 Å². The number of nitrogens with zero attached hydrogens (tertiary/aromatic N) is 2. The van der Waals surface area contributed by atoms with E-state index < -0.39 is 18.5 Å². The first-order valence-electron chi connectivity index (χ1n) is 9.86. The van der Waals surface area contributed by atoms with Crippen molar-refractivity contribution >= 4 is 29.5 Å². The molecular formula is C21H21N3O6. The molecule has 0 saturated heterocycles. The van der Waals surface area contributed by atoms with Gasteiger partial charge in [-0.25, -0.2) is 4.79 Å². The largest absolute Gasteiger partial charge is 0.452 e. The molecule has 2 aromatic rings. The van der Waals surface area contributed by atoms with Crippen LogP contribution in [0.15, 0.2) is 28.8 Å². The summed E-state index contributed by atoms with van der Waals surface area (Å²) in [6, 6.07) is 5.69. The maximum absolute atomic E-state index is 12.8. The number of amides is 3. The zero-order valence-corrected chi connectivity index (χ0v) is 16.5. The van der Waals surface area contributed by atoms with Gasteiger partial charge in [0, 0.05) is 12.1 Å². The first kappa shape index (κ1) is 19.8. The number of hydrogen-bond acceptors (Lipinski definition) is 7. The number of imide groups is 1. The first-order chi connectivity index (χ1) is 14.4. The first-order valence-corrected chi connectivity index (χ1v) is 9.86. The number of carbonyl (C=O) groups is 4. The van der Waals surface area contributed by atoms with Gasteiger partial charge >= 0.3 is 5.97 Å². The Morgan fingerprint density at radius 2 is 1.87 bits per heavy atom. The number of esters is 1. The van der Waals surface area contributed by atoms with Crippen LogP contribution in [0.1, 0.15) is 68.9 Å². The Hall–Kier alpha value is -3.49. The van der Waals surface area contributed by atoms with E-state index in [1.807, 2.05) is 0 Å². The zero-order valence-electron chi connectivity index (χ0n) is 16.5. The minimum atomic E-state index is -0.763. The lowest BCUT2D eigenvalue weighted by Gasteiger charge is -2.29. The number of ether oxygens (including phenoxy) is 1. The van der Waals surface area contributed by atoms with E-state index in [0.717, 1.165) is 32.1 Å². The third kappa shape index (κ3) is 3.83. The van der Waals surface area contributed by atoms with Crippen LogP contribution in [0.25, 0.3) is 0 Å². The van der Waals surface area contributed by atoms with Crippen molar-refractivity contribution in [3.63, 3.8) is 0 Å². The van der Waals surface area contributed by atoms with Gasteiger partial charge in [-0.1, -0.05) is 24.4 Å². The molecule has 0 bridgehead atoms. The minimum Gasteiger partial charge on any atom is -0.452 e. The number of rotatable bonds is 5. The molecule has 1 aromatic carbocycles. The summed E-state index contributed by atoms with van der Waals surface area (Å²) in [6.07, 6.45) is 4.71. The Kier molecular flexibility index (Phi) is 5.35. The van der Waals surface area contributed by atoms with E-state index in [-0.39, 0.29) is 34.8 Å². The molecule has 1 N–H and O–H groups in total. The van der Waals surface area contributed by atoms with Crippen molar-refractivity contribution in [1.82, 2.24) is 10.1 Å². The molecule has 1 aliphatic heterocycles. The minimum absolute atomic E-state index is 0.0922. The van der Waals surface area contributed by atoms with E-state index in [4.69, 9.17) is 9.26 Å². The number of nitrogens with one attached hydrogen (secondary N) is 1. The molecular weight excluding hydrogens is 390 g/mol. The zero-order chi connectivity index (χ0) is 21.3. The molecule has 156 valence electrons. The second-order valence-corrected chi connectivity index (χ2v) is 7.48. The van der Waals surface area contributed by atoms with Crippen LogP contribution >= 0.6 is 0 Å². The van der Waals surface area contributed by atoms with Crippen LogP contribution in [-0.2, 0) is 9.53 Å². The highest BCUT2D eigenvalue weighted by Gasteiger charge is 2.40. The number of benzene rings is 1. The van der Waals surface area contributed by atoms with E-state index in [0.29, 0.717) is 11.3 Å². The highest BCUT2D eigenvalue weighted by Crippen LogP contribution is 2.31. The molecule has 0 radical (unpaired) electrons. The molecule has 9 nitrogen and oxygen atoms in total. The Balaban J connectivity index is 1.41. The van der Waals surface area contributed by atoms with Gasteiger partial charge in [0.05, 0.1) is 16.7 Å². The van der Waals surface area contributed by atoms with Gasteiger partial charge < -0.3 is 14.6 Å². The highest BCUT2D eigenvalue weighted by atomic mass is 16.5. The molecule has 0 atom stereocenters. The number of fused-ring (bicyclic) bond motifs is 1. The van der Waals surface area contributed by atoms with Crippen LogP contribution in [0.3, 0.4) is 0 Å². The lowest BCUT2D eigenvalue weighted by Crippen LogP contribution is -2.40. The molecule has 1 aliphatic carbocycles. The molecule has 3 amide bonds. The van der Waals surface area contributed by atoms with Gasteiger partial charge in [-0.3, -0.25) is 19.3 Å². The molecule has 1 aromatic heterocycles. The molecule has 1 fully saturated rings. The molecule has 2 heterocycles. The Labute approximate surface area is 172 Å². The highest BCUT2D eigenvalue weighted by molar-refractivity contribution is 6.22. The van der Waals surface area contributed by atoms with Gasteiger partial charge in [-0.15, -0.1) is 0 Å². The summed E-state index contributed by atoms with van der Waals surface area (Å²) in [7, 11) is 0. The average Bonchev–Trinajstić information content (AvgIpc) is 3.27. The van der Waals surface area contributed by atoms with Crippen molar-refractivity contribution in [1.29, 1.82) is 0 Å². The van der Waals surface area contributed by atoms with Crippen LogP contribution in [-0.4, -0.2) is 46.4 Å². The quantitative estimate of drug-likeness (QED) is 0.593. The van der Waals surface area contributed by atoms with Crippen molar-refractivity contribution in [3.8, 4) is 0 Å². The maximum Gasteiger partial charge on any atom is 0.338 e. The summed E-state index contributed by atoms with van der Waals surface area (Å²) < 4.78 is 9.85. The van der Waals surface area contributed by atoms with Crippen LogP contribution in [0.4, 0.5) is 5.82 Å². The molecule has 30 heavy (non-hydrogen) atoms. The second kappa shape index (κ2) is 8.10. The lowest BCUT2D eigenvalue weighted by atomic mass is 9.94. The summed E-state index contributed by atoms with van der Waals surface area (Å²) >= 11 is 0. The molecule has 9 heteroatoms. The normalized spacial score (nSPS) is 16.5. The summed E-state index contributed by atoms with van der Waals surface area (Å²) in [5, 5.41) is 6.06. The monoisotopic (exact) mass is 411 g/mol. The van der Waals surface area contributed by atoms with Crippen molar-refractivity contribution in [2.45, 2.75) is 45.1 Å². The standard InChI is InChI=1S/C21H21N3O6/c1-12-9-17(23-30-12)22-18(25)11-29-21(28)13-7-8-15-16(10-13)20(27)24(19(15)26)14-5-3-2-4-6-14/h7-10,14H,2-6,11H2,1H3,(H,22,23,25). The maximum atomic E-state index is 12.8. The van der Waals surface area contributed by atoms with Gasteiger partial charge in [-0.05, 0) is 38.0 Å². The number of hydrogen-bond donors (Lipinski definition) is 1. The molecule has 2 aliphatic rings. The lowest BCUT2D eigenvalue weighted by molar-refractivity contribution is -0.119. The van der Waals surface area contributed by atoms with E-state index >= 15 is 0 Å². The number of carbonyl (C=O) groups excluding carboxylic acids is 4. The number of aryl methyl sites for hydroxylation is 1. The average molecular weight is 411 g/mol. The van der Waals surface area contributed by atoms with E-state index in [2.05, 4.69) is 10.5 Å². The second-order valence-electron chi connectivity index (χ2n) is 7.48. The summed E-state index contributed by atoms with van der Waals surface area (Å²) in [5.74, 6) is -1.28. The Morgan fingerprint density at radius 1 is 1.13 bits per heavy atom. The smallest absolute Gasteiger partial charge is 0.338 e. The van der Waals surface area contributed by atoms with Crippen LogP contribution in [0.5, 0.6) is 0 Å². The van der Waals surface area contributed by atoms with Crippen LogP contribution < -0.4 is 5.32 Å². The predicted octanol–water partition coefficient (Wildman–Crippen LogP) is 2.71. The summed E-state index contributed by atoms with van der Waals surface area (Å²) in [5.41, 5.74) is 0.592. The summed E-state index contributed by atoms with van der Waals surface area (Å²) in [6.45, 7) is 1.15. The van der Waals surface area contributed by atoms with Crippen molar-refractivity contribution in [2.24, 2.45) is 0 Å². The number of anilines is 1. The van der Waals surface area contributed by atoms with Crippen molar-refractivity contribution < 1.29 is 28.4 Å². The third-order valence-electron chi connectivity index (χ3n) is 5.32. The topological polar surface area (TPSA) is 119 Å². The fourth-order valence-electron chi connectivity index (χ4n) is 3.88. The predicted molar refractivity (Wildman–Crippen MR) is 104 cm³/mol. The number of aromatic nitrogens is 1. The Morgan fingerprint density at radius 3 is 2.57 bits per heavy atom. The van der Waals surface area contributed by atoms with E-state index in [9.17, 15) is 19.2 Å². The SMILES string of the molecule is Cc1cc(NC(=O)COC(=O)c2ccc3c(c2)C(=O)N(C2CCCCC2)C3=O)no1. The van der Waals surface area contributed by atoms with Crippen LogP contribution in [0.2, 0.25) is 0 Å². The van der Waals surface area contributed by atoms with Gasteiger partial charge in [0.1, 0.15) is 5.76 Å². The van der Waals surface area contributed by atoms with Crippen molar-refractivity contribution in [3.05, 3.63) is 46.7 Å². The summed E-state index contributed by atoms with van der Waals surface area (Å²) in [4.78, 5) is 51.1. The Bertz CT molecular complexity index is 1020. The van der Waals surface area contributed by atoms with Crippen LogP contribution in [0, 0.1) is 6.92 Å². The molecule has 0 spiro atoms.